The van der Waals surface area contributed by atoms with Crippen molar-refractivity contribution < 1.29 is 14.5 Å². The molecule has 2 aromatic carbocycles. The molecule has 1 fully saturated rings. The Hall–Kier alpha value is -2.88. The molecule has 4 rings (SSSR count). The molecule has 1 saturated heterocycles. The predicted octanol–water partition coefficient (Wildman–Crippen LogP) is 3.18. The van der Waals surface area contributed by atoms with Crippen molar-refractivity contribution in [2.45, 2.75) is 0 Å². The summed E-state index contributed by atoms with van der Waals surface area (Å²) in [7, 11) is 0. The number of carbonyl (C=O) groups is 1. The third kappa shape index (κ3) is 4.42. The molecule has 29 heavy (non-hydrogen) atoms. The second-order valence-electron chi connectivity index (χ2n) is 6.68. The number of hydrogen-bond donors (Lipinski definition) is 0. The number of para-hydroxylation sites is 1. The lowest BCUT2D eigenvalue weighted by atomic mass is 10.2. The molecule has 0 saturated carbocycles. The van der Waals surface area contributed by atoms with E-state index in [1.165, 1.54) is 35.6 Å². The van der Waals surface area contributed by atoms with E-state index in [9.17, 15) is 14.9 Å². The molecule has 0 unspecified atom stereocenters. The number of rotatable bonds is 6. The number of amides is 1. The van der Waals surface area contributed by atoms with Crippen LogP contribution in [0.5, 0.6) is 0 Å². The van der Waals surface area contributed by atoms with Gasteiger partial charge in [-0.2, -0.15) is 0 Å². The number of hydrogen-bond acceptors (Lipinski definition) is 7. The lowest BCUT2D eigenvalue weighted by molar-refractivity contribution is -0.384. The Morgan fingerprint density at radius 2 is 1.90 bits per heavy atom. The molecule has 8 nitrogen and oxygen atoms in total. The zero-order chi connectivity index (χ0) is 20.2. The average Bonchev–Trinajstić information content (AvgIpc) is 3.18. The molecule has 9 heteroatoms. The highest BCUT2D eigenvalue weighted by atomic mass is 32.1. The van der Waals surface area contributed by atoms with E-state index in [0.29, 0.717) is 37.0 Å². The standard InChI is InChI=1S/C20H20N4O4S/c25-19(15-5-7-16(8-6-15)24(26)27)23(10-9-22-11-13-28-14-12-22)20-21-17-3-1-2-4-18(17)29-20/h1-8H,9-14H2. The third-order valence-electron chi connectivity index (χ3n) is 4.83. The summed E-state index contributed by atoms with van der Waals surface area (Å²) < 4.78 is 6.40. The SMILES string of the molecule is O=C(c1ccc([N+](=O)[O-])cc1)N(CCN1CCOCC1)c1nc2ccccc2s1. The topological polar surface area (TPSA) is 88.8 Å². The van der Waals surface area contributed by atoms with E-state index in [2.05, 4.69) is 9.88 Å². The van der Waals surface area contributed by atoms with Gasteiger partial charge in [-0.1, -0.05) is 23.5 Å². The number of nitro groups is 1. The number of nitrogens with zero attached hydrogens (tertiary/aromatic N) is 4. The molecule has 1 aromatic heterocycles. The normalized spacial score (nSPS) is 14.8. The van der Waals surface area contributed by atoms with E-state index in [-0.39, 0.29) is 11.6 Å². The highest BCUT2D eigenvalue weighted by Crippen LogP contribution is 2.29. The Bertz CT molecular complexity index is 982. The van der Waals surface area contributed by atoms with Crippen molar-refractivity contribution in [2.75, 3.05) is 44.3 Å². The summed E-state index contributed by atoms with van der Waals surface area (Å²) in [4.78, 5) is 32.2. The van der Waals surface area contributed by atoms with Crippen molar-refractivity contribution in [3.05, 3.63) is 64.2 Å². The molecule has 150 valence electrons. The molecule has 1 aliphatic rings. The van der Waals surface area contributed by atoms with Crippen LogP contribution in [0, 0.1) is 10.1 Å². The van der Waals surface area contributed by atoms with E-state index in [4.69, 9.17) is 4.74 Å². The molecule has 1 aliphatic heterocycles. The molecule has 2 heterocycles. The second-order valence-corrected chi connectivity index (χ2v) is 7.69. The Kier molecular flexibility index (Phi) is 5.79. The van der Waals surface area contributed by atoms with Crippen molar-refractivity contribution in [1.82, 2.24) is 9.88 Å². The lowest BCUT2D eigenvalue weighted by Gasteiger charge is -2.29. The van der Waals surface area contributed by atoms with Gasteiger partial charge in [0.1, 0.15) is 0 Å². The Morgan fingerprint density at radius 3 is 2.59 bits per heavy atom. The molecule has 0 spiro atoms. The van der Waals surface area contributed by atoms with Crippen LogP contribution in [0.25, 0.3) is 10.2 Å². The van der Waals surface area contributed by atoms with Gasteiger partial charge < -0.3 is 4.74 Å². The Morgan fingerprint density at radius 1 is 1.17 bits per heavy atom. The van der Waals surface area contributed by atoms with Crippen molar-refractivity contribution in [1.29, 1.82) is 0 Å². The molecule has 0 atom stereocenters. The van der Waals surface area contributed by atoms with Gasteiger partial charge in [0.15, 0.2) is 5.13 Å². The Balaban J connectivity index is 1.60. The van der Waals surface area contributed by atoms with E-state index < -0.39 is 4.92 Å². The lowest BCUT2D eigenvalue weighted by Crippen LogP contribution is -2.43. The number of ether oxygens (including phenoxy) is 1. The summed E-state index contributed by atoms with van der Waals surface area (Å²) >= 11 is 1.47. The number of benzene rings is 2. The Labute approximate surface area is 171 Å². The monoisotopic (exact) mass is 412 g/mol. The number of anilines is 1. The minimum atomic E-state index is -0.474. The zero-order valence-corrected chi connectivity index (χ0v) is 16.5. The first-order chi connectivity index (χ1) is 14.1. The first kappa shape index (κ1) is 19.4. The molecule has 3 aromatic rings. The first-order valence-electron chi connectivity index (χ1n) is 9.34. The first-order valence-corrected chi connectivity index (χ1v) is 10.2. The summed E-state index contributed by atoms with van der Waals surface area (Å²) in [5, 5.41) is 11.5. The largest absolute Gasteiger partial charge is 0.379 e. The maximum absolute atomic E-state index is 13.3. The van der Waals surface area contributed by atoms with Gasteiger partial charge >= 0.3 is 0 Å². The minimum absolute atomic E-state index is 0.0404. The van der Waals surface area contributed by atoms with Gasteiger partial charge in [0.25, 0.3) is 11.6 Å². The number of fused-ring (bicyclic) bond motifs is 1. The molecule has 0 aliphatic carbocycles. The van der Waals surface area contributed by atoms with Crippen LogP contribution in [0.15, 0.2) is 48.5 Å². The van der Waals surface area contributed by atoms with Crippen LogP contribution >= 0.6 is 11.3 Å². The van der Waals surface area contributed by atoms with Crippen LogP contribution in [-0.2, 0) is 4.74 Å². The summed E-state index contributed by atoms with van der Waals surface area (Å²) in [6.45, 7) is 4.24. The van der Waals surface area contributed by atoms with E-state index in [0.717, 1.165) is 23.3 Å². The predicted molar refractivity (Wildman–Crippen MR) is 112 cm³/mol. The quantitative estimate of drug-likeness (QED) is 0.456. The fraction of sp³-hybridized carbons (Fsp3) is 0.300. The zero-order valence-electron chi connectivity index (χ0n) is 15.7. The average molecular weight is 412 g/mol. The van der Waals surface area contributed by atoms with Crippen LogP contribution < -0.4 is 4.90 Å². The van der Waals surface area contributed by atoms with Crippen LogP contribution in [0.2, 0.25) is 0 Å². The maximum Gasteiger partial charge on any atom is 0.269 e. The molecule has 1 amide bonds. The van der Waals surface area contributed by atoms with Gasteiger partial charge in [0.05, 0.1) is 28.4 Å². The van der Waals surface area contributed by atoms with E-state index >= 15 is 0 Å². The third-order valence-corrected chi connectivity index (χ3v) is 5.89. The number of thiazole rings is 1. The molecular formula is C20H20N4O4S. The van der Waals surface area contributed by atoms with Crippen molar-refractivity contribution >= 4 is 38.3 Å². The fourth-order valence-corrected chi connectivity index (χ4v) is 4.20. The number of morpholine rings is 1. The van der Waals surface area contributed by atoms with Gasteiger partial charge in [-0.25, -0.2) is 4.98 Å². The number of nitro benzene ring substituents is 1. The summed E-state index contributed by atoms with van der Waals surface area (Å²) in [6.07, 6.45) is 0. The smallest absolute Gasteiger partial charge is 0.269 e. The van der Waals surface area contributed by atoms with E-state index in [1.807, 2.05) is 24.3 Å². The van der Waals surface area contributed by atoms with Crippen molar-refractivity contribution in [2.24, 2.45) is 0 Å². The number of aromatic nitrogens is 1. The van der Waals surface area contributed by atoms with Crippen LogP contribution in [0.4, 0.5) is 10.8 Å². The number of carbonyl (C=O) groups excluding carboxylic acids is 1. The molecular weight excluding hydrogens is 392 g/mol. The number of non-ortho nitro benzene ring substituents is 1. The highest BCUT2D eigenvalue weighted by molar-refractivity contribution is 7.22. The second kappa shape index (κ2) is 8.64. The highest BCUT2D eigenvalue weighted by Gasteiger charge is 2.23. The maximum atomic E-state index is 13.3. The van der Waals surface area contributed by atoms with E-state index in [1.54, 1.807) is 4.90 Å². The van der Waals surface area contributed by atoms with Crippen LogP contribution in [-0.4, -0.2) is 60.1 Å². The minimum Gasteiger partial charge on any atom is -0.379 e. The van der Waals surface area contributed by atoms with Crippen molar-refractivity contribution in [3.8, 4) is 0 Å². The van der Waals surface area contributed by atoms with Gasteiger partial charge in [0.2, 0.25) is 0 Å². The molecule has 0 bridgehead atoms. The van der Waals surface area contributed by atoms with Gasteiger partial charge in [-0.3, -0.25) is 24.7 Å². The van der Waals surface area contributed by atoms with Gasteiger partial charge in [-0.15, -0.1) is 0 Å². The van der Waals surface area contributed by atoms with Crippen LogP contribution in [0.1, 0.15) is 10.4 Å². The molecule has 0 N–H and O–H groups in total. The molecule has 0 radical (unpaired) electrons. The van der Waals surface area contributed by atoms with Gasteiger partial charge in [0, 0.05) is 43.9 Å². The summed E-state index contributed by atoms with van der Waals surface area (Å²) in [5.41, 5.74) is 1.21. The van der Waals surface area contributed by atoms with Crippen molar-refractivity contribution in [3.63, 3.8) is 0 Å². The fourth-order valence-electron chi connectivity index (χ4n) is 3.21. The summed E-state index contributed by atoms with van der Waals surface area (Å²) in [6, 6.07) is 13.5. The summed E-state index contributed by atoms with van der Waals surface area (Å²) in [5.74, 6) is -0.216. The van der Waals surface area contributed by atoms with Gasteiger partial charge in [-0.05, 0) is 24.3 Å². The van der Waals surface area contributed by atoms with Crippen LogP contribution in [0.3, 0.4) is 0 Å².